The quantitative estimate of drug-likeness (QED) is 0.626. The van der Waals surface area contributed by atoms with Gasteiger partial charge in [-0.25, -0.2) is 4.39 Å². The Morgan fingerprint density at radius 1 is 0.952 bits per heavy atom. The van der Waals surface area contributed by atoms with E-state index < -0.39 is 5.82 Å². The number of nitrogens with zero attached hydrogens (tertiary/aromatic N) is 1. The summed E-state index contributed by atoms with van der Waals surface area (Å²) in [5.41, 5.74) is 7.57. The van der Waals surface area contributed by atoms with Gasteiger partial charge in [-0.05, 0) is 34.1 Å². The summed E-state index contributed by atoms with van der Waals surface area (Å²) in [6.07, 6.45) is 0. The Kier molecular flexibility index (Phi) is 3.82. The highest BCUT2D eigenvalue weighted by atomic mass is 79.9. The molecule has 0 saturated heterocycles. The molecule has 21 heavy (non-hydrogen) atoms. The molecule has 0 aliphatic heterocycles. The SMILES string of the molecule is Nc1noc(-c2c(F)cccc2Br)c1-c1ccccc1Br. The lowest BCUT2D eigenvalue weighted by atomic mass is 10.0. The molecule has 0 fully saturated rings. The van der Waals surface area contributed by atoms with Crippen molar-refractivity contribution in [3.63, 3.8) is 0 Å². The number of hydrogen-bond acceptors (Lipinski definition) is 3. The van der Waals surface area contributed by atoms with E-state index >= 15 is 0 Å². The van der Waals surface area contributed by atoms with Crippen molar-refractivity contribution >= 4 is 37.7 Å². The maximum Gasteiger partial charge on any atom is 0.181 e. The van der Waals surface area contributed by atoms with Crippen LogP contribution in [-0.2, 0) is 0 Å². The Morgan fingerprint density at radius 3 is 2.38 bits per heavy atom. The van der Waals surface area contributed by atoms with E-state index in [1.807, 2.05) is 24.3 Å². The maximum atomic E-state index is 14.2. The number of rotatable bonds is 2. The van der Waals surface area contributed by atoms with Crippen molar-refractivity contribution in [2.45, 2.75) is 0 Å². The Balaban J connectivity index is 2.31. The summed E-state index contributed by atoms with van der Waals surface area (Å²) >= 11 is 6.80. The molecule has 0 unspecified atom stereocenters. The van der Waals surface area contributed by atoms with Crippen LogP contribution in [0.15, 0.2) is 55.9 Å². The fraction of sp³-hybridized carbons (Fsp3) is 0. The van der Waals surface area contributed by atoms with Crippen molar-refractivity contribution in [3.05, 3.63) is 57.2 Å². The van der Waals surface area contributed by atoms with Gasteiger partial charge in [0.05, 0.1) is 11.1 Å². The second-order valence-corrected chi connectivity index (χ2v) is 6.06. The zero-order valence-corrected chi connectivity index (χ0v) is 13.8. The summed E-state index contributed by atoms with van der Waals surface area (Å²) in [5.74, 6) is 0.102. The van der Waals surface area contributed by atoms with Gasteiger partial charge in [0.2, 0.25) is 0 Å². The second-order valence-electron chi connectivity index (χ2n) is 4.35. The minimum Gasteiger partial charge on any atom is -0.380 e. The lowest BCUT2D eigenvalue weighted by Crippen LogP contribution is -1.91. The highest BCUT2D eigenvalue weighted by Crippen LogP contribution is 2.42. The van der Waals surface area contributed by atoms with E-state index in [9.17, 15) is 4.39 Å². The molecule has 6 heteroatoms. The minimum atomic E-state index is -0.408. The first kappa shape index (κ1) is 14.3. The molecular weight excluding hydrogens is 403 g/mol. The molecule has 1 aromatic heterocycles. The Labute approximate surface area is 137 Å². The molecule has 0 bridgehead atoms. The minimum absolute atomic E-state index is 0.215. The normalized spacial score (nSPS) is 10.8. The van der Waals surface area contributed by atoms with Gasteiger partial charge in [0, 0.05) is 14.5 Å². The largest absolute Gasteiger partial charge is 0.380 e. The Morgan fingerprint density at radius 2 is 1.67 bits per heavy atom. The van der Waals surface area contributed by atoms with Crippen LogP contribution in [0.25, 0.3) is 22.5 Å². The van der Waals surface area contributed by atoms with Crippen molar-refractivity contribution in [3.8, 4) is 22.5 Å². The zero-order valence-electron chi connectivity index (χ0n) is 10.6. The molecule has 0 spiro atoms. The van der Waals surface area contributed by atoms with E-state index in [-0.39, 0.29) is 5.82 Å². The van der Waals surface area contributed by atoms with Gasteiger partial charge in [-0.2, -0.15) is 0 Å². The molecule has 1 heterocycles. The molecule has 0 atom stereocenters. The van der Waals surface area contributed by atoms with Crippen molar-refractivity contribution in [1.82, 2.24) is 5.16 Å². The number of hydrogen-bond donors (Lipinski definition) is 1. The molecule has 0 aliphatic rings. The number of benzene rings is 2. The first-order valence-electron chi connectivity index (χ1n) is 6.04. The van der Waals surface area contributed by atoms with Gasteiger partial charge in [0.15, 0.2) is 11.6 Å². The maximum absolute atomic E-state index is 14.2. The van der Waals surface area contributed by atoms with Gasteiger partial charge in [-0.15, -0.1) is 0 Å². The van der Waals surface area contributed by atoms with Crippen LogP contribution in [-0.4, -0.2) is 5.16 Å². The first-order chi connectivity index (χ1) is 10.1. The molecule has 3 rings (SSSR count). The Hall–Kier alpha value is -1.66. The Bertz CT molecular complexity index is 797. The third-order valence-corrected chi connectivity index (χ3v) is 4.40. The monoisotopic (exact) mass is 410 g/mol. The van der Waals surface area contributed by atoms with E-state index in [2.05, 4.69) is 37.0 Å². The van der Waals surface area contributed by atoms with E-state index in [0.29, 0.717) is 21.4 Å². The molecule has 0 saturated carbocycles. The number of aromatic nitrogens is 1. The lowest BCUT2D eigenvalue weighted by molar-refractivity contribution is 0.433. The molecule has 2 aromatic carbocycles. The van der Waals surface area contributed by atoms with Crippen molar-refractivity contribution in [2.24, 2.45) is 0 Å². The van der Waals surface area contributed by atoms with Crippen LogP contribution in [0.2, 0.25) is 0 Å². The van der Waals surface area contributed by atoms with Gasteiger partial charge < -0.3 is 10.3 Å². The van der Waals surface area contributed by atoms with E-state index in [1.54, 1.807) is 12.1 Å². The fourth-order valence-corrected chi connectivity index (χ4v) is 3.12. The summed E-state index contributed by atoms with van der Waals surface area (Å²) in [5, 5.41) is 3.79. The number of nitrogen functional groups attached to an aromatic ring is 1. The van der Waals surface area contributed by atoms with Crippen molar-refractivity contribution in [1.29, 1.82) is 0 Å². The summed E-state index contributed by atoms with van der Waals surface area (Å²) < 4.78 is 20.9. The van der Waals surface area contributed by atoms with Crippen LogP contribution >= 0.6 is 31.9 Å². The first-order valence-corrected chi connectivity index (χ1v) is 7.62. The summed E-state index contributed by atoms with van der Waals surface area (Å²) in [7, 11) is 0. The van der Waals surface area contributed by atoms with Crippen molar-refractivity contribution in [2.75, 3.05) is 5.73 Å². The smallest absolute Gasteiger partial charge is 0.181 e. The average Bonchev–Trinajstić information content (AvgIpc) is 2.81. The third kappa shape index (κ3) is 2.49. The molecule has 106 valence electrons. The molecule has 2 N–H and O–H groups in total. The molecule has 0 aliphatic carbocycles. The molecular formula is C15H9Br2FN2O. The highest BCUT2D eigenvalue weighted by Gasteiger charge is 2.23. The predicted octanol–water partition coefficient (Wildman–Crippen LogP) is 5.25. The summed E-state index contributed by atoms with van der Waals surface area (Å²) in [6, 6.07) is 12.2. The molecule has 3 nitrogen and oxygen atoms in total. The van der Waals surface area contributed by atoms with Crippen LogP contribution in [0.4, 0.5) is 10.2 Å². The van der Waals surface area contributed by atoms with E-state index in [0.717, 1.165) is 10.0 Å². The third-order valence-electron chi connectivity index (χ3n) is 3.05. The molecule has 0 amide bonds. The average molecular weight is 412 g/mol. The standard InChI is InChI=1S/C15H9Br2FN2O/c16-9-5-2-1-4-8(9)12-14(21-20-15(12)19)13-10(17)6-3-7-11(13)18/h1-7H,(H2,19,20). The fourth-order valence-electron chi connectivity index (χ4n) is 2.11. The van der Waals surface area contributed by atoms with Crippen LogP contribution in [0.3, 0.4) is 0 Å². The highest BCUT2D eigenvalue weighted by molar-refractivity contribution is 9.11. The number of halogens is 3. The topological polar surface area (TPSA) is 52.0 Å². The zero-order chi connectivity index (χ0) is 15.0. The van der Waals surface area contributed by atoms with E-state index in [1.165, 1.54) is 6.07 Å². The van der Waals surface area contributed by atoms with Gasteiger partial charge >= 0.3 is 0 Å². The second kappa shape index (κ2) is 5.61. The summed E-state index contributed by atoms with van der Waals surface area (Å²) in [6.45, 7) is 0. The van der Waals surface area contributed by atoms with Gasteiger partial charge in [-0.3, -0.25) is 0 Å². The van der Waals surface area contributed by atoms with Gasteiger partial charge in [0.1, 0.15) is 5.82 Å². The van der Waals surface area contributed by atoms with Gasteiger partial charge in [0.25, 0.3) is 0 Å². The molecule has 0 radical (unpaired) electrons. The van der Waals surface area contributed by atoms with Crippen LogP contribution < -0.4 is 5.73 Å². The predicted molar refractivity (Wildman–Crippen MR) is 87.1 cm³/mol. The van der Waals surface area contributed by atoms with Crippen LogP contribution in [0.5, 0.6) is 0 Å². The lowest BCUT2D eigenvalue weighted by Gasteiger charge is -2.07. The van der Waals surface area contributed by atoms with Crippen molar-refractivity contribution < 1.29 is 8.91 Å². The number of anilines is 1. The number of nitrogens with two attached hydrogens (primary N) is 1. The van der Waals surface area contributed by atoms with Crippen LogP contribution in [0, 0.1) is 5.82 Å². The van der Waals surface area contributed by atoms with Gasteiger partial charge in [-0.1, -0.05) is 45.4 Å². The molecule has 3 aromatic rings. The summed E-state index contributed by atoms with van der Waals surface area (Å²) in [4.78, 5) is 0. The van der Waals surface area contributed by atoms with E-state index in [4.69, 9.17) is 10.3 Å². The van der Waals surface area contributed by atoms with Crippen LogP contribution in [0.1, 0.15) is 0 Å².